The molecular weight excluding hydrogens is 340 g/mol. The zero-order valence-electron chi connectivity index (χ0n) is 14.2. The molecule has 0 aromatic heterocycles. The van der Waals surface area contributed by atoms with Crippen molar-refractivity contribution in [3.63, 3.8) is 0 Å². The molecule has 0 aliphatic carbocycles. The van der Waals surface area contributed by atoms with Crippen LogP contribution in [0.25, 0.3) is 0 Å². The largest absolute Gasteiger partial charge is 0.454 e. The predicted octanol–water partition coefficient (Wildman–Crippen LogP) is 1.34. The number of thioether (sulfide) groups is 1. The van der Waals surface area contributed by atoms with Gasteiger partial charge in [0.15, 0.2) is 6.61 Å². The Morgan fingerprint density at radius 1 is 1.36 bits per heavy atom. The molecule has 0 unspecified atom stereocenters. The molecule has 2 saturated heterocycles. The summed E-state index contributed by atoms with van der Waals surface area (Å²) in [6, 6.07) is 9.25. The number of carbonyl (C=O) groups excluding carboxylic acids is 3. The average molecular weight is 362 g/mol. The van der Waals surface area contributed by atoms with Crippen LogP contribution in [0.1, 0.15) is 25.3 Å². The summed E-state index contributed by atoms with van der Waals surface area (Å²) in [5.74, 6) is -0.312. The first-order valence-electron chi connectivity index (χ1n) is 8.43. The smallest absolute Gasteiger partial charge is 0.330 e. The van der Waals surface area contributed by atoms with Gasteiger partial charge in [-0.15, -0.1) is 11.8 Å². The monoisotopic (exact) mass is 362 g/mol. The number of rotatable bonds is 6. The highest BCUT2D eigenvalue weighted by atomic mass is 32.2. The molecule has 0 radical (unpaired) electrons. The van der Waals surface area contributed by atoms with Gasteiger partial charge in [0.1, 0.15) is 6.04 Å². The Labute approximate surface area is 151 Å². The Morgan fingerprint density at radius 3 is 2.88 bits per heavy atom. The Bertz CT molecular complexity index is 666. The molecule has 0 bridgehead atoms. The van der Waals surface area contributed by atoms with E-state index in [9.17, 15) is 14.4 Å². The van der Waals surface area contributed by atoms with Crippen molar-refractivity contribution in [2.45, 2.75) is 37.1 Å². The van der Waals surface area contributed by atoms with Gasteiger partial charge in [0.05, 0.1) is 4.87 Å². The van der Waals surface area contributed by atoms with Crippen molar-refractivity contribution in [3.05, 3.63) is 35.9 Å². The van der Waals surface area contributed by atoms with Gasteiger partial charge in [0.25, 0.3) is 5.91 Å². The minimum atomic E-state index is -0.581. The van der Waals surface area contributed by atoms with Crippen molar-refractivity contribution in [1.82, 2.24) is 10.2 Å². The number of hydrogen-bond acceptors (Lipinski definition) is 5. The molecular formula is C18H22N2O4S. The number of ether oxygens (including phenoxy) is 1. The third-order valence-corrected chi connectivity index (χ3v) is 6.15. The lowest BCUT2D eigenvalue weighted by Gasteiger charge is -2.29. The van der Waals surface area contributed by atoms with Crippen LogP contribution in [0.3, 0.4) is 0 Å². The van der Waals surface area contributed by atoms with E-state index in [4.69, 9.17) is 4.74 Å². The van der Waals surface area contributed by atoms with Crippen LogP contribution in [0, 0.1) is 0 Å². The van der Waals surface area contributed by atoms with Gasteiger partial charge in [-0.05, 0) is 25.3 Å². The normalized spacial score (nSPS) is 24.9. The van der Waals surface area contributed by atoms with Gasteiger partial charge < -0.3 is 15.0 Å². The van der Waals surface area contributed by atoms with E-state index in [1.165, 1.54) is 0 Å². The van der Waals surface area contributed by atoms with Crippen LogP contribution < -0.4 is 5.32 Å². The van der Waals surface area contributed by atoms with Gasteiger partial charge in [-0.25, -0.2) is 4.79 Å². The Morgan fingerprint density at radius 2 is 2.12 bits per heavy atom. The molecule has 2 aliphatic rings. The van der Waals surface area contributed by atoms with Crippen LogP contribution in [0.5, 0.6) is 0 Å². The SMILES string of the molecule is C[C@@]12CCC(=O)N1[C@@H](C(=O)OCC(=O)NCCc1ccccc1)CS2. The fourth-order valence-corrected chi connectivity index (χ4v) is 4.69. The van der Waals surface area contributed by atoms with Gasteiger partial charge in [-0.3, -0.25) is 9.59 Å². The summed E-state index contributed by atoms with van der Waals surface area (Å²) < 4.78 is 5.13. The van der Waals surface area contributed by atoms with E-state index < -0.39 is 12.0 Å². The molecule has 134 valence electrons. The lowest BCUT2D eigenvalue weighted by molar-refractivity contribution is -0.156. The van der Waals surface area contributed by atoms with E-state index in [0.717, 1.165) is 18.4 Å². The van der Waals surface area contributed by atoms with Crippen LogP contribution in [0.15, 0.2) is 30.3 Å². The van der Waals surface area contributed by atoms with Gasteiger partial charge in [0.2, 0.25) is 5.91 Å². The maximum Gasteiger partial charge on any atom is 0.330 e. The highest BCUT2D eigenvalue weighted by Crippen LogP contribution is 2.47. The number of nitrogens with one attached hydrogen (secondary N) is 1. The second kappa shape index (κ2) is 7.47. The van der Waals surface area contributed by atoms with Crippen molar-refractivity contribution in [2.24, 2.45) is 0 Å². The van der Waals surface area contributed by atoms with Crippen molar-refractivity contribution in [2.75, 3.05) is 18.9 Å². The minimum absolute atomic E-state index is 0.0123. The molecule has 1 aromatic carbocycles. The van der Waals surface area contributed by atoms with Gasteiger partial charge in [-0.2, -0.15) is 0 Å². The average Bonchev–Trinajstić information content (AvgIpc) is 3.10. The molecule has 3 rings (SSSR count). The molecule has 1 aromatic rings. The second-order valence-electron chi connectivity index (χ2n) is 6.46. The van der Waals surface area contributed by atoms with E-state index in [0.29, 0.717) is 18.7 Å². The van der Waals surface area contributed by atoms with Gasteiger partial charge in [0, 0.05) is 18.7 Å². The van der Waals surface area contributed by atoms with Crippen molar-refractivity contribution >= 4 is 29.5 Å². The van der Waals surface area contributed by atoms with E-state index in [2.05, 4.69) is 5.32 Å². The maximum atomic E-state index is 12.3. The number of carbonyl (C=O) groups is 3. The highest BCUT2D eigenvalue weighted by molar-refractivity contribution is 8.01. The third-order valence-electron chi connectivity index (χ3n) is 4.64. The quantitative estimate of drug-likeness (QED) is 0.773. The zero-order valence-corrected chi connectivity index (χ0v) is 15.0. The van der Waals surface area contributed by atoms with E-state index >= 15 is 0 Å². The van der Waals surface area contributed by atoms with E-state index in [1.807, 2.05) is 37.3 Å². The van der Waals surface area contributed by atoms with Crippen LogP contribution in [-0.4, -0.2) is 52.5 Å². The maximum absolute atomic E-state index is 12.3. The first-order chi connectivity index (χ1) is 12.0. The van der Waals surface area contributed by atoms with E-state index in [-0.39, 0.29) is 23.3 Å². The molecule has 1 N–H and O–H groups in total. The van der Waals surface area contributed by atoms with E-state index in [1.54, 1.807) is 16.7 Å². The fourth-order valence-electron chi connectivity index (χ4n) is 3.27. The molecule has 2 aliphatic heterocycles. The summed E-state index contributed by atoms with van der Waals surface area (Å²) in [5, 5.41) is 2.74. The molecule has 25 heavy (non-hydrogen) atoms. The Hall–Kier alpha value is -2.02. The molecule has 7 heteroatoms. The lowest BCUT2D eigenvalue weighted by Crippen LogP contribution is -2.47. The third kappa shape index (κ3) is 3.98. The first kappa shape index (κ1) is 17.8. The minimum Gasteiger partial charge on any atom is -0.454 e. The molecule has 2 heterocycles. The van der Waals surface area contributed by atoms with Crippen LogP contribution in [-0.2, 0) is 25.5 Å². The second-order valence-corrected chi connectivity index (χ2v) is 7.96. The highest BCUT2D eigenvalue weighted by Gasteiger charge is 2.53. The number of nitrogens with zero attached hydrogens (tertiary/aromatic N) is 1. The van der Waals surface area contributed by atoms with Gasteiger partial charge in [-0.1, -0.05) is 30.3 Å². The Balaban J connectivity index is 1.41. The van der Waals surface area contributed by atoms with Crippen molar-refractivity contribution < 1.29 is 19.1 Å². The zero-order chi connectivity index (χ0) is 17.9. The standard InChI is InChI=1S/C18H22N2O4S/c1-18-9-7-16(22)20(18)14(12-25-18)17(23)24-11-15(21)19-10-8-13-5-3-2-4-6-13/h2-6,14H,7-12H2,1H3,(H,19,21)/t14-,18-/m1/s1. The fraction of sp³-hybridized carbons (Fsp3) is 0.500. The predicted molar refractivity (Wildman–Crippen MR) is 94.8 cm³/mol. The molecule has 0 saturated carbocycles. The summed E-state index contributed by atoms with van der Waals surface area (Å²) in [4.78, 5) is 37.4. The summed E-state index contributed by atoms with van der Waals surface area (Å²) in [7, 11) is 0. The summed E-state index contributed by atoms with van der Waals surface area (Å²) in [6.07, 6.45) is 1.94. The number of fused-ring (bicyclic) bond motifs is 1. The first-order valence-corrected chi connectivity index (χ1v) is 9.41. The van der Waals surface area contributed by atoms with Crippen LogP contribution in [0.4, 0.5) is 0 Å². The lowest BCUT2D eigenvalue weighted by atomic mass is 10.1. The number of hydrogen-bond donors (Lipinski definition) is 1. The molecule has 2 amide bonds. The summed E-state index contributed by atoms with van der Waals surface area (Å²) >= 11 is 1.60. The molecule has 0 spiro atoms. The molecule has 2 atom stereocenters. The number of amides is 2. The number of benzene rings is 1. The summed E-state index contributed by atoms with van der Waals surface area (Å²) in [6.45, 7) is 2.15. The molecule has 2 fully saturated rings. The van der Waals surface area contributed by atoms with Crippen molar-refractivity contribution in [1.29, 1.82) is 0 Å². The topological polar surface area (TPSA) is 75.7 Å². The Kier molecular flexibility index (Phi) is 5.32. The van der Waals surface area contributed by atoms with Crippen LogP contribution in [0.2, 0.25) is 0 Å². The summed E-state index contributed by atoms with van der Waals surface area (Å²) in [5.41, 5.74) is 1.13. The number of esters is 1. The van der Waals surface area contributed by atoms with Crippen LogP contribution >= 0.6 is 11.8 Å². The van der Waals surface area contributed by atoms with Crippen molar-refractivity contribution in [3.8, 4) is 0 Å². The van der Waals surface area contributed by atoms with Gasteiger partial charge >= 0.3 is 5.97 Å². The molecule has 6 nitrogen and oxygen atoms in total.